The van der Waals surface area contributed by atoms with E-state index in [1.807, 2.05) is 6.07 Å². The van der Waals surface area contributed by atoms with Gasteiger partial charge in [0.1, 0.15) is 11.4 Å². The SMILES string of the molecule is C=C(O[Si](CC)(CC)CC)C(=C)C(C)(O[Si](CC)(CC)CC)c1ccccc1. The van der Waals surface area contributed by atoms with E-state index >= 15 is 0 Å². The second kappa shape index (κ2) is 10.6. The first-order chi connectivity index (χ1) is 13.2. The predicted octanol–water partition coefficient (Wildman–Crippen LogP) is 8.02. The van der Waals surface area contributed by atoms with Crippen molar-refractivity contribution in [2.75, 3.05) is 0 Å². The summed E-state index contributed by atoms with van der Waals surface area (Å²) in [7, 11) is -3.69. The summed E-state index contributed by atoms with van der Waals surface area (Å²) >= 11 is 0. The average molecular weight is 419 g/mol. The first kappa shape index (κ1) is 24.9. The standard InChI is InChI=1S/C24H42O2Si2/c1-10-27(11-2,12-3)25-22(8)21(7)24(9,23-19-17-16-18-20-23)26-28(13-4,14-5)15-6/h16-20H,7-8,10-15H2,1-6,9H3. The van der Waals surface area contributed by atoms with E-state index < -0.39 is 22.2 Å². The Hall–Kier alpha value is -1.11. The predicted molar refractivity (Wildman–Crippen MR) is 129 cm³/mol. The van der Waals surface area contributed by atoms with Gasteiger partial charge in [-0.2, -0.15) is 0 Å². The molecule has 1 rings (SSSR count). The molecule has 2 nitrogen and oxygen atoms in total. The van der Waals surface area contributed by atoms with Gasteiger partial charge in [0.05, 0.1) is 0 Å². The van der Waals surface area contributed by atoms with Crippen LogP contribution in [0.25, 0.3) is 0 Å². The molecule has 1 aromatic carbocycles. The van der Waals surface area contributed by atoms with Crippen LogP contribution in [0.1, 0.15) is 54.0 Å². The van der Waals surface area contributed by atoms with Crippen molar-refractivity contribution in [3.8, 4) is 0 Å². The maximum atomic E-state index is 7.07. The lowest BCUT2D eigenvalue weighted by Crippen LogP contribution is -2.46. The average Bonchev–Trinajstić information content (AvgIpc) is 2.75. The molecular weight excluding hydrogens is 376 g/mol. The summed E-state index contributed by atoms with van der Waals surface area (Å²) in [5, 5.41) is 0. The Bertz CT molecular complexity index is 617. The molecule has 0 saturated carbocycles. The Kier molecular flexibility index (Phi) is 9.44. The molecule has 0 aliphatic carbocycles. The van der Waals surface area contributed by atoms with Crippen LogP contribution in [0.2, 0.25) is 36.3 Å². The quantitative estimate of drug-likeness (QED) is 0.183. The molecule has 0 aliphatic rings. The van der Waals surface area contributed by atoms with Gasteiger partial charge in [0.25, 0.3) is 0 Å². The molecule has 158 valence electrons. The molecule has 0 aliphatic heterocycles. The molecule has 1 unspecified atom stereocenters. The minimum atomic E-state index is -1.87. The van der Waals surface area contributed by atoms with Crippen LogP contribution in [0.5, 0.6) is 0 Å². The summed E-state index contributed by atoms with van der Waals surface area (Å²) in [5.41, 5.74) is 1.40. The van der Waals surface area contributed by atoms with Gasteiger partial charge >= 0.3 is 0 Å². The fourth-order valence-corrected chi connectivity index (χ4v) is 9.62. The van der Waals surface area contributed by atoms with E-state index in [4.69, 9.17) is 8.85 Å². The highest BCUT2D eigenvalue weighted by molar-refractivity contribution is 6.74. The van der Waals surface area contributed by atoms with Gasteiger partial charge in [-0.3, -0.25) is 0 Å². The van der Waals surface area contributed by atoms with E-state index in [0.29, 0.717) is 0 Å². The molecule has 0 bridgehead atoms. The lowest BCUT2D eigenvalue weighted by molar-refractivity contribution is 0.109. The van der Waals surface area contributed by atoms with Crippen molar-refractivity contribution in [3.63, 3.8) is 0 Å². The third kappa shape index (κ3) is 5.28. The molecule has 0 fully saturated rings. The first-order valence-corrected chi connectivity index (χ1v) is 16.1. The maximum Gasteiger partial charge on any atom is 0.250 e. The van der Waals surface area contributed by atoms with E-state index in [1.54, 1.807) is 0 Å². The van der Waals surface area contributed by atoms with Crippen LogP contribution >= 0.6 is 0 Å². The maximum absolute atomic E-state index is 7.07. The highest BCUT2D eigenvalue weighted by atomic mass is 28.4. The second-order valence-electron chi connectivity index (χ2n) is 7.99. The number of benzene rings is 1. The zero-order valence-electron chi connectivity index (χ0n) is 19.4. The molecule has 0 aromatic heterocycles. The third-order valence-corrected chi connectivity index (χ3v) is 16.1. The summed E-state index contributed by atoms with van der Waals surface area (Å²) in [6, 6.07) is 17.0. The fraction of sp³-hybridized carbons (Fsp3) is 0.583. The second-order valence-corrected chi connectivity index (χ2v) is 17.4. The molecule has 0 radical (unpaired) electrons. The minimum Gasteiger partial charge on any atom is -0.544 e. The van der Waals surface area contributed by atoms with E-state index in [9.17, 15) is 0 Å². The Labute approximate surface area is 176 Å². The van der Waals surface area contributed by atoms with Gasteiger partial charge in [0.2, 0.25) is 8.32 Å². The molecule has 0 heterocycles. The van der Waals surface area contributed by atoms with Crippen LogP contribution < -0.4 is 0 Å². The van der Waals surface area contributed by atoms with Crippen LogP contribution in [-0.2, 0) is 14.5 Å². The highest BCUT2D eigenvalue weighted by Gasteiger charge is 2.43. The minimum absolute atomic E-state index is 0.609. The van der Waals surface area contributed by atoms with E-state index in [0.717, 1.165) is 53.2 Å². The Balaban J connectivity index is 3.36. The van der Waals surface area contributed by atoms with Crippen molar-refractivity contribution in [1.82, 2.24) is 0 Å². The van der Waals surface area contributed by atoms with Crippen LogP contribution in [0.3, 0.4) is 0 Å². The Morgan fingerprint density at radius 1 is 0.786 bits per heavy atom. The van der Waals surface area contributed by atoms with Gasteiger partial charge in [-0.25, -0.2) is 0 Å². The molecule has 0 saturated heterocycles. The zero-order chi connectivity index (χ0) is 21.4. The van der Waals surface area contributed by atoms with Gasteiger partial charge in [-0.15, -0.1) is 0 Å². The highest BCUT2D eigenvalue weighted by Crippen LogP contribution is 2.42. The number of rotatable bonds is 13. The van der Waals surface area contributed by atoms with E-state index in [2.05, 4.69) is 85.9 Å². The van der Waals surface area contributed by atoms with Crippen LogP contribution in [0.4, 0.5) is 0 Å². The summed E-state index contributed by atoms with van der Waals surface area (Å²) in [5.74, 6) is 0.717. The molecule has 1 aromatic rings. The smallest absolute Gasteiger partial charge is 0.250 e. The lowest BCUT2D eigenvalue weighted by atomic mass is 9.88. The van der Waals surface area contributed by atoms with Crippen molar-refractivity contribution in [1.29, 1.82) is 0 Å². The number of hydrogen-bond donors (Lipinski definition) is 0. The van der Waals surface area contributed by atoms with Crippen molar-refractivity contribution < 1.29 is 8.85 Å². The van der Waals surface area contributed by atoms with Crippen molar-refractivity contribution >= 4 is 16.6 Å². The third-order valence-electron chi connectivity index (χ3n) is 6.86. The molecule has 0 amide bonds. The van der Waals surface area contributed by atoms with Crippen molar-refractivity contribution in [2.24, 2.45) is 0 Å². The zero-order valence-corrected chi connectivity index (χ0v) is 21.4. The largest absolute Gasteiger partial charge is 0.544 e. The topological polar surface area (TPSA) is 18.5 Å². The van der Waals surface area contributed by atoms with E-state index in [-0.39, 0.29) is 0 Å². The van der Waals surface area contributed by atoms with Gasteiger partial charge in [-0.1, -0.05) is 85.0 Å². The van der Waals surface area contributed by atoms with Gasteiger partial charge in [0.15, 0.2) is 8.32 Å². The summed E-state index contributed by atoms with van der Waals surface area (Å²) in [6.45, 7) is 24.5. The van der Waals surface area contributed by atoms with Gasteiger partial charge in [-0.05, 0) is 48.8 Å². The molecule has 28 heavy (non-hydrogen) atoms. The molecular formula is C24H42O2Si2. The van der Waals surface area contributed by atoms with Crippen molar-refractivity contribution in [3.05, 3.63) is 60.4 Å². The summed E-state index contributed by atoms with van der Waals surface area (Å²) in [4.78, 5) is 0. The number of hydrogen-bond acceptors (Lipinski definition) is 2. The molecule has 0 spiro atoms. The van der Waals surface area contributed by atoms with Crippen LogP contribution in [-0.4, -0.2) is 16.6 Å². The van der Waals surface area contributed by atoms with Gasteiger partial charge < -0.3 is 8.85 Å². The lowest BCUT2D eigenvalue weighted by Gasteiger charge is -2.43. The molecule has 4 heteroatoms. The first-order valence-electron chi connectivity index (χ1n) is 11.0. The summed E-state index contributed by atoms with van der Waals surface area (Å²) in [6.07, 6.45) is 0. The van der Waals surface area contributed by atoms with Crippen LogP contribution in [0, 0.1) is 0 Å². The normalized spacial score (nSPS) is 14.4. The fourth-order valence-electron chi connectivity index (χ4n) is 4.01. The monoisotopic (exact) mass is 418 g/mol. The van der Waals surface area contributed by atoms with Gasteiger partial charge in [0, 0.05) is 5.57 Å². The van der Waals surface area contributed by atoms with Crippen LogP contribution in [0.15, 0.2) is 54.8 Å². The Morgan fingerprint density at radius 3 is 1.61 bits per heavy atom. The molecule has 1 atom stereocenters. The summed E-state index contributed by atoms with van der Waals surface area (Å²) < 4.78 is 13.7. The van der Waals surface area contributed by atoms with E-state index in [1.165, 1.54) is 0 Å². The van der Waals surface area contributed by atoms with Crippen molar-refractivity contribution in [2.45, 2.75) is 90.3 Å². The molecule has 0 N–H and O–H groups in total. The Morgan fingerprint density at radius 2 is 1.21 bits per heavy atom.